The van der Waals surface area contributed by atoms with Gasteiger partial charge in [0.15, 0.2) is 11.5 Å². The van der Waals surface area contributed by atoms with Crippen molar-refractivity contribution in [1.29, 1.82) is 0 Å². The van der Waals surface area contributed by atoms with E-state index in [4.69, 9.17) is 9.47 Å². The Labute approximate surface area is 173 Å². The van der Waals surface area contributed by atoms with Gasteiger partial charge < -0.3 is 20.1 Å². The van der Waals surface area contributed by atoms with Crippen LogP contribution in [0.2, 0.25) is 0 Å². The second-order valence-corrected chi connectivity index (χ2v) is 6.92. The Morgan fingerprint density at radius 1 is 1.00 bits per heavy atom. The van der Waals surface area contributed by atoms with Gasteiger partial charge in [0.2, 0.25) is 5.91 Å². The van der Waals surface area contributed by atoms with Crippen LogP contribution in [-0.2, 0) is 4.79 Å². The molecule has 0 aliphatic rings. The van der Waals surface area contributed by atoms with Crippen LogP contribution in [0.25, 0.3) is 0 Å². The summed E-state index contributed by atoms with van der Waals surface area (Å²) in [4.78, 5) is 24.3. The minimum Gasteiger partial charge on any atom is -0.490 e. The van der Waals surface area contributed by atoms with Gasteiger partial charge in [0.1, 0.15) is 0 Å². The van der Waals surface area contributed by atoms with Crippen molar-refractivity contribution in [2.75, 3.05) is 25.1 Å². The highest BCUT2D eigenvalue weighted by Crippen LogP contribution is 2.28. The van der Waals surface area contributed by atoms with Crippen LogP contribution < -0.4 is 20.1 Å². The maximum absolute atomic E-state index is 12.4. The summed E-state index contributed by atoms with van der Waals surface area (Å²) in [5, 5.41) is 5.54. The summed E-state index contributed by atoms with van der Waals surface area (Å²) in [6.07, 6.45) is 1.06. The van der Waals surface area contributed by atoms with E-state index in [-0.39, 0.29) is 24.8 Å². The zero-order valence-corrected chi connectivity index (χ0v) is 17.7. The second-order valence-electron chi connectivity index (χ2n) is 6.00. The molecule has 2 rings (SSSR count). The fourth-order valence-corrected chi connectivity index (χ4v) is 2.66. The van der Waals surface area contributed by atoms with E-state index in [1.165, 1.54) is 0 Å². The van der Waals surface area contributed by atoms with Crippen molar-refractivity contribution in [3.8, 4) is 11.5 Å². The third-order valence-electron chi connectivity index (χ3n) is 3.73. The Balaban J connectivity index is 1.87. The Bertz CT molecular complexity index is 793. The Kier molecular flexibility index (Phi) is 8.81. The molecule has 0 radical (unpaired) electrons. The quantitative estimate of drug-likeness (QED) is 0.564. The first-order valence-electron chi connectivity index (χ1n) is 9.26. The predicted octanol–water partition coefficient (Wildman–Crippen LogP) is 4.40. The molecule has 0 fully saturated rings. The number of hydrogen-bond acceptors (Lipinski definition) is 4. The Morgan fingerprint density at radius 2 is 1.75 bits per heavy atom. The van der Waals surface area contributed by atoms with E-state index < -0.39 is 0 Å². The molecule has 7 heteroatoms. The first kappa shape index (κ1) is 21.8. The van der Waals surface area contributed by atoms with Crippen LogP contribution in [0.3, 0.4) is 0 Å². The topological polar surface area (TPSA) is 76.7 Å². The molecular weight excluding hydrogens is 424 g/mol. The van der Waals surface area contributed by atoms with Crippen LogP contribution in [-0.4, -0.2) is 31.6 Å². The first-order chi connectivity index (χ1) is 13.5. The maximum Gasteiger partial charge on any atom is 0.251 e. The number of benzene rings is 2. The lowest BCUT2D eigenvalue weighted by Crippen LogP contribution is -2.27. The lowest BCUT2D eigenvalue weighted by atomic mass is 10.2. The van der Waals surface area contributed by atoms with Crippen molar-refractivity contribution < 1.29 is 19.1 Å². The summed E-state index contributed by atoms with van der Waals surface area (Å²) in [6.45, 7) is 5.19. The SMILES string of the molecule is CCCOc1ccc(C(=O)NCCC(=O)Nc2ccc(Br)cc2)cc1OCC. The van der Waals surface area contributed by atoms with Gasteiger partial charge in [0, 0.05) is 28.7 Å². The van der Waals surface area contributed by atoms with E-state index in [0.29, 0.717) is 36.0 Å². The van der Waals surface area contributed by atoms with E-state index in [2.05, 4.69) is 26.6 Å². The monoisotopic (exact) mass is 448 g/mol. The predicted molar refractivity (Wildman–Crippen MR) is 113 cm³/mol. The molecule has 0 aromatic heterocycles. The number of hydrogen-bond donors (Lipinski definition) is 2. The zero-order valence-electron chi connectivity index (χ0n) is 16.1. The number of carbonyl (C=O) groups excluding carboxylic acids is 2. The van der Waals surface area contributed by atoms with E-state index in [1.807, 2.05) is 26.0 Å². The van der Waals surface area contributed by atoms with Crippen molar-refractivity contribution in [3.63, 3.8) is 0 Å². The van der Waals surface area contributed by atoms with Gasteiger partial charge in [-0.3, -0.25) is 9.59 Å². The van der Waals surface area contributed by atoms with Crippen LogP contribution in [0, 0.1) is 0 Å². The second kappa shape index (κ2) is 11.3. The molecule has 0 unspecified atom stereocenters. The van der Waals surface area contributed by atoms with Crippen molar-refractivity contribution in [1.82, 2.24) is 5.32 Å². The van der Waals surface area contributed by atoms with E-state index in [9.17, 15) is 9.59 Å². The van der Waals surface area contributed by atoms with Crippen molar-refractivity contribution in [3.05, 3.63) is 52.5 Å². The molecular formula is C21H25BrN2O4. The molecule has 0 saturated carbocycles. The molecule has 2 N–H and O–H groups in total. The third kappa shape index (κ3) is 6.88. The number of ether oxygens (including phenoxy) is 2. The number of amides is 2. The fourth-order valence-electron chi connectivity index (χ4n) is 2.40. The van der Waals surface area contributed by atoms with Crippen LogP contribution in [0.15, 0.2) is 46.9 Å². The number of halogens is 1. The number of anilines is 1. The van der Waals surface area contributed by atoms with Crippen LogP contribution >= 0.6 is 15.9 Å². The average molecular weight is 449 g/mol. The molecule has 0 aliphatic heterocycles. The lowest BCUT2D eigenvalue weighted by molar-refractivity contribution is -0.116. The lowest BCUT2D eigenvalue weighted by Gasteiger charge is -2.13. The molecule has 2 amide bonds. The highest BCUT2D eigenvalue weighted by atomic mass is 79.9. The summed E-state index contributed by atoms with van der Waals surface area (Å²) < 4.78 is 12.1. The molecule has 0 spiro atoms. The summed E-state index contributed by atoms with van der Waals surface area (Å²) in [7, 11) is 0. The standard InChI is InChI=1S/C21H25BrN2O4/c1-3-13-28-18-10-5-15(14-19(18)27-4-2)21(26)23-12-11-20(25)24-17-8-6-16(22)7-9-17/h5-10,14H,3-4,11-13H2,1-2H3,(H,23,26)(H,24,25). The molecule has 6 nitrogen and oxygen atoms in total. The summed E-state index contributed by atoms with van der Waals surface area (Å²) >= 11 is 3.35. The van der Waals surface area contributed by atoms with Gasteiger partial charge in [0.05, 0.1) is 13.2 Å². The molecule has 2 aromatic rings. The van der Waals surface area contributed by atoms with Crippen molar-refractivity contribution in [2.45, 2.75) is 26.7 Å². The molecule has 0 heterocycles. The van der Waals surface area contributed by atoms with Crippen molar-refractivity contribution in [2.24, 2.45) is 0 Å². The molecule has 0 bridgehead atoms. The molecule has 2 aromatic carbocycles. The fraction of sp³-hybridized carbons (Fsp3) is 0.333. The normalized spacial score (nSPS) is 10.2. The third-order valence-corrected chi connectivity index (χ3v) is 4.26. The smallest absolute Gasteiger partial charge is 0.251 e. The number of rotatable bonds is 10. The largest absolute Gasteiger partial charge is 0.490 e. The molecule has 0 saturated heterocycles. The Morgan fingerprint density at radius 3 is 2.43 bits per heavy atom. The highest BCUT2D eigenvalue weighted by molar-refractivity contribution is 9.10. The minimum absolute atomic E-state index is 0.166. The molecule has 28 heavy (non-hydrogen) atoms. The summed E-state index contributed by atoms with van der Waals surface area (Å²) in [5.74, 6) is 0.728. The number of nitrogens with one attached hydrogen (secondary N) is 2. The summed E-state index contributed by atoms with van der Waals surface area (Å²) in [5.41, 5.74) is 1.17. The molecule has 0 aliphatic carbocycles. The van der Waals surface area contributed by atoms with E-state index in [1.54, 1.807) is 30.3 Å². The highest BCUT2D eigenvalue weighted by Gasteiger charge is 2.12. The van der Waals surface area contributed by atoms with Gasteiger partial charge in [0.25, 0.3) is 5.91 Å². The van der Waals surface area contributed by atoms with Gasteiger partial charge >= 0.3 is 0 Å². The summed E-state index contributed by atoms with van der Waals surface area (Å²) in [6, 6.07) is 12.4. The van der Waals surface area contributed by atoms with E-state index in [0.717, 1.165) is 10.9 Å². The van der Waals surface area contributed by atoms with E-state index >= 15 is 0 Å². The van der Waals surface area contributed by atoms with Gasteiger partial charge in [-0.05, 0) is 55.8 Å². The molecule has 150 valence electrons. The van der Waals surface area contributed by atoms with Gasteiger partial charge in [-0.1, -0.05) is 22.9 Å². The molecule has 0 atom stereocenters. The van der Waals surface area contributed by atoms with Crippen LogP contribution in [0.1, 0.15) is 37.0 Å². The minimum atomic E-state index is -0.264. The van der Waals surface area contributed by atoms with Gasteiger partial charge in [-0.15, -0.1) is 0 Å². The average Bonchev–Trinajstić information content (AvgIpc) is 2.69. The van der Waals surface area contributed by atoms with Gasteiger partial charge in [-0.25, -0.2) is 0 Å². The first-order valence-corrected chi connectivity index (χ1v) is 10.1. The van der Waals surface area contributed by atoms with Crippen molar-refractivity contribution >= 4 is 33.4 Å². The maximum atomic E-state index is 12.4. The van der Waals surface area contributed by atoms with Gasteiger partial charge in [-0.2, -0.15) is 0 Å². The Hall–Kier alpha value is -2.54. The van der Waals surface area contributed by atoms with Crippen LogP contribution in [0.5, 0.6) is 11.5 Å². The zero-order chi connectivity index (χ0) is 20.4. The number of carbonyl (C=O) groups is 2. The van der Waals surface area contributed by atoms with Crippen LogP contribution in [0.4, 0.5) is 5.69 Å².